The molecule has 1 fully saturated rings. The molecule has 3 aromatic rings. The molecule has 27 heavy (non-hydrogen) atoms. The Labute approximate surface area is 166 Å². The van der Waals surface area contributed by atoms with Crippen molar-refractivity contribution in [2.75, 3.05) is 24.5 Å². The van der Waals surface area contributed by atoms with Crippen molar-refractivity contribution in [2.24, 2.45) is 5.41 Å². The fourth-order valence-corrected chi connectivity index (χ4v) is 4.11. The molecule has 1 aromatic carbocycles. The average molecular weight is 403 g/mol. The van der Waals surface area contributed by atoms with Crippen LogP contribution in [0.4, 0.5) is 5.13 Å². The molecule has 0 aliphatic carbocycles. The van der Waals surface area contributed by atoms with E-state index in [-0.39, 0.29) is 5.91 Å². The fraction of sp³-hybridized carbons (Fsp3) is 0.333. The minimum absolute atomic E-state index is 0.0605. The highest BCUT2D eigenvalue weighted by molar-refractivity contribution is 7.13. The maximum atomic E-state index is 13.0. The van der Waals surface area contributed by atoms with Gasteiger partial charge in [0, 0.05) is 42.4 Å². The first kappa shape index (κ1) is 17.9. The Morgan fingerprint density at radius 1 is 1.26 bits per heavy atom. The van der Waals surface area contributed by atoms with Crippen molar-refractivity contribution >= 4 is 34.0 Å². The van der Waals surface area contributed by atoms with Gasteiger partial charge in [-0.2, -0.15) is 0 Å². The van der Waals surface area contributed by atoms with Gasteiger partial charge >= 0.3 is 0 Å². The minimum Gasteiger partial charge on any atom is -0.354 e. The van der Waals surface area contributed by atoms with E-state index in [2.05, 4.69) is 25.5 Å². The van der Waals surface area contributed by atoms with Gasteiger partial charge in [-0.3, -0.25) is 9.48 Å². The largest absolute Gasteiger partial charge is 0.354 e. The molecule has 140 valence electrons. The molecule has 1 N–H and O–H groups in total. The third-order valence-corrected chi connectivity index (χ3v) is 5.80. The summed E-state index contributed by atoms with van der Waals surface area (Å²) < 4.78 is 1.70. The van der Waals surface area contributed by atoms with Gasteiger partial charge in [0.15, 0.2) is 5.13 Å². The Balaban J connectivity index is 1.44. The number of nitrogens with one attached hydrogen (secondary N) is 1. The molecule has 0 atom stereocenters. The van der Waals surface area contributed by atoms with E-state index < -0.39 is 5.41 Å². The van der Waals surface area contributed by atoms with Crippen LogP contribution in [-0.2, 0) is 17.8 Å². The molecule has 3 heterocycles. The molecule has 2 aromatic heterocycles. The minimum atomic E-state index is -0.470. The number of aromatic nitrogens is 4. The van der Waals surface area contributed by atoms with Gasteiger partial charge in [-0.25, -0.2) is 4.98 Å². The van der Waals surface area contributed by atoms with Gasteiger partial charge < -0.3 is 10.2 Å². The second kappa shape index (κ2) is 7.66. The molecule has 0 unspecified atom stereocenters. The number of carbonyl (C=O) groups is 1. The highest BCUT2D eigenvalue weighted by atomic mass is 35.5. The smallest absolute Gasteiger partial charge is 0.230 e. The van der Waals surface area contributed by atoms with Crippen LogP contribution in [0.1, 0.15) is 5.56 Å². The molecule has 4 rings (SSSR count). The van der Waals surface area contributed by atoms with Gasteiger partial charge in [0.2, 0.25) is 5.91 Å². The maximum Gasteiger partial charge on any atom is 0.230 e. The first-order valence-electron chi connectivity index (χ1n) is 8.66. The van der Waals surface area contributed by atoms with Crippen LogP contribution in [0.2, 0.25) is 5.02 Å². The van der Waals surface area contributed by atoms with Crippen LogP contribution in [0.25, 0.3) is 0 Å². The molecule has 0 saturated carbocycles. The van der Waals surface area contributed by atoms with Crippen LogP contribution in [-0.4, -0.2) is 45.5 Å². The predicted molar refractivity (Wildman–Crippen MR) is 105 cm³/mol. The van der Waals surface area contributed by atoms with Crippen LogP contribution in [0.5, 0.6) is 0 Å². The lowest BCUT2D eigenvalue weighted by Crippen LogP contribution is -2.64. The number of rotatable bonds is 7. The SMILES string of the molecule is O=C(NCCn1ccnn1)C1(Cc2ccc(Cl)cc2)CN(c2nccs2)C1. The summed E-state index contributed by atoms with van der Waals surface area (Å²) in [5.41, 5.74) is 0.631. The van der Waals surface area contributed by atoms with Gasteiger partial charge in [0.05, 0.1) is 18.2 Å². The fourth-order valence-electron chi connectivity index (χ4n) is 3.34. The van der Waals surface area contributed by atoms with Crippen molar-refractivity contribution < 1.29 is 4.79 Å². The van der Waals surface area contributed by atoms with E-state index in [9.17, 15) is 4.79 Å². The van der Waals surface area contributed by atoms with E-state index in [1.54, 1.807) is 34.6 Å². The topological polar surface area (TPSA) is 75.9 Å². The average Bonchev–Trinajstić information content (AvgIpc) is 3.33. The van der Waals surface area contributed by atoms with Gasteiger partial charge in [-0.05, 0) is 24.1 Å². The summed E-state index contributed by atoms with van der Waals surface area (Å²) in [4.78, 5) is 19.5. The molecular formula is C18H19ClN6OS. The number of halogens is 1. The lowest BCUT2D eigenvalue weighted by Gasteiger charge is -2.49. The molecular weight excluding hydrogens is 384 g/mol. The van der Waals surface area contributed by atoms with Crippen molar-refractivity contribution in [3.8, 4) is 0 Å². The molecule has 0 radical (unpaired) electrons. The van der Waals surface area contributed by atoms with Crippen molar-refractivity contribution in [2.45, 2.75) is 13.0 Å². The Kier molecular flexibility index (Phi) is 5.09. The summed E-state index contributed by atoms with van der Waals surface area (Å²) in [7, 11) is 0. The molecule has 0 spiro atoms. The molecule has 1 aliphatic rings. The van der Waals surface area contributed by atoms with Crippen molar-refractivity contribution in [1.29, 1.82) is 0 Å². The molecule has 9 heteroatoms. The Hall–Kier alpha value is -2.45. The van der Waals surface area contributed by atoms with Crippen LogP contribution >= 0.6 is 22.9 Å². The molecule has 7 nitrogen and oxygen atoms in total. The molecule has 1 saturated heterocycles. The van der Waals surface area contributed by atoms with Crippen molar-refractivity contribution in [3.05, 3.63) is 58.8 Å². The third-order valence-electron chi connectivity index (χ3n) is 4.71. The third kappa shape index (κ3) is 3.96. The second-order valence-electron chi connectivity index (χ2n) is 6.68. The summed E-state index contributed by atoms with van der Waals surface area (Å²) in [6.07, 6.45) is 5.86. The first-order chi connectivity index (χ1) is 13.1. The van der Waals surface area contributed by atoms with E-state index in [1.807, 2.05) is 29.6 Å². The number of benzene rings is 1. The lowest BCUT2D eigenvalue weighted by molar-refractivity contribution is -0.132. The van der Waals surface area contributed by atoms with Crippen LogP contribution in [0.15, 0.2) is 48.2 Å². The zero-order valence-corrected chi connectivity index (χ0v) is 16.2. The van der Waals surface area contributed by atoms with Crippen LogP contribution in [0, 0.1) is 5.41 Å². The molecule has 0 bridgehead atoms. The lowest BCUT2D eigenvalue weighted by atomic mass is 9.74. The highest BCUT2D eigenvalue weighted by Gasteiger charge is 2.49. The number of nitrogens with zero attached hydrogens (tertiary/aromatic N) is 5. The number of amides is 1. The summed E-state index contributed by atoms with van der Waals surface area (Å²) in [6, 6.07) is 7.70. The van der Waals surface area contributed by atoms with E-state index in [1.165, 1.54) is 0 Å². The Morgan fingerprint density at radius 2 is 2.07 bits per heavy atom. The monoisotopic (exact) mass is 402 g/mol. The van der Waals surface area contributed by atoms with Gasteiger partial charge in [-0.15, -0.1) is 16.4 Å². The van der Waals surface area contributed by atoms with Crippen molar-refractivity contribution in [1.82, 2.24) is 25.3 Å². The number of hydrogen-bond acceptors (Lipinski definition) is 6. The Morgan fingerprint density at radius 3 is 2.74 bits per heavy atom. The number of anilines is 1. The van der Waals surface area contributed by atoms with Crippen molar-refractivity contribution in [3.63, 3.8) is 0 Å². The number of hydrogen-bond donors (Lipinski definition) is 1. The van der Waals surface area contributed by atoms with E-state index >= 15 is 0 Å². The second-order valence-corrected chi connectivity index (χ2v) is 7.99. The molecule has 1 aliphatic heterocycles. The zero-order chi connectivity index (χ0) is 18.7. The van der Waals surface area contributed by atoms with E-state index in [0.29, 0.717) is 37.6 Å². The first-order valence-corrected chi connectivity index (χ1v) is 9.92. The quantitative estimate of drug-likeness (QED) is 0.656. The van der Waals surface area contributed by atoms with Crippen LogP contribution in [0.3, 0.4) is 0 Å². The van der Waals surface area contributed by atoms with Gasteiger partial charge in [-0.1, -0.05) is 28.9 Å². The summed E-state index contributed by atoms with van der Waals surface area (Å²) in [6.45, 7) is 2.41. The zero-order valence-electron chi connectivity index (χ0n) is 14.6. The van der Waals surface area contributed by atoms with Crippen LogP contribution < -0.4 is 10.2 Å². The predicted octanol–water partition coefficient (Wildman–Crippen LogP) is 2.25. The summed E-state index contributed by atoms with van der Waals surface area (Å²) >= 11 is 7.58. The van der Waals surface area contributed by atoms with E-state index in [4.69, 9.17) is 11.6 Å². The summed E-state index contributed by atoms with van der Waals surface area (Å²) in [5, 5.41) is 14.4. The normalized spacial score (nSPS) is 15.4. The Bertz CT molecular complexity index is 875. The standard InChI is InChI=1S/C18H19ClN6OS/c19-15-3-1-14(2-4-15)11-18(12-24(13-18)17-21-7-10-27-17)16(26)20-5-8-25-9-6-22-23-25/h1-4,6-7,9-10H,5,8,11-13H2,(H,20,26). The van der Waals surface area contributed by atoms with E-state index in [0.717, 1.165) is 10.7 Å². The number of carbonyl (C=O) groups excluding carboxylic acids is 1. The highest BCUT2D eigenvalue weighted by Crippen LogP contribution is 2.38. The van der Waals surface area contributed by atoms with Gasteiger partial charge in [0.25, 0.3) is 0 Å². The van der Waals surface area contributed by atoms with Gasteiger partial charge in [0.1, 0.15) is 0 Å². The number of thiazole rings is 1. The summed E-state index contributed by atoms with van der Waals surface area (Å²) in [5.74, 6) is 0.0605. The maximum absolute atomic E-state index is 13.0. The molecule has 1 amide bonds.